The Hall–Kier alpha value is -4.65. The SMILES string of the molecule is C=CC(=O)N1CCN(c2ncnc3ccc(-c4cnc(OC)c(NS(=O)(=O)c5ccc(F)cc5F)c4)cc23)CC1. The van der Waals surface area contributed by atoms with Crippen LogP contribution in [-0.4, -0.2) is 67.5 Å². The molecule has 1 aliphatic heterocycles. The van der Waals surface area contributed by atoms with Gasteiger partial charge in [0.05, 0.1) is 12.6 Å². The zero-order chi connectivity index (χ0) is 28.4. The molecule has 0 saturated carbocycles. The maximum absolute atomic E-state index is 14.2. The van der Waals surface area contributed by atoms with Crippen molar-refractivity contribution < 1.29 is 26.7 Å². The Bertz CT molecular complexity index is 1730. The molecule has 0 aliphatic carbocycles. The van der Waals surface area contributed by atoms with Crippen molar-refractivity contribution >= 4 is 38.3 Å². The summed E-state index contributed by atoms with van der Waals surface area (Å²) in [6.07, 6.45) is 4.30. The van der Waals surface area contributed by atoms with E-state index in [1.165, 1.54) is 31.8 Å². The second-order valence-corrected chi connectivity index (χ2v) is 10.6. The van der Waals surface area contributed by atoms with E-state index in [1.807, 2.05) is 12.1 Å². The lowest BCUT2D eigenvalue weighted by Gasteiger charge is -2.35. The Kier molecular flexibility index (Phi) is 7.30. The van der Waals surface area contributed by atoms with Gasteiger partial charge in [-0.1, -0.05) is 12.6 Å². The van der Waals surface area contributed by atoms with Gasteiger partial charge in [0, 0.05) is 49.4 Å². The van der Waals surface area contributed by atoms with E-state index in [2.05, 4.69) is 31.2 Å². The monoisotopic (exact) mass is 566 g/mol. The highest BCUT2D eigenvalue weighted by molar-refractivity contribution is 7.92. The molecular weight excluding hydrogens is 542 g/mol. The maximum atomic E-state index is 14.2. The molecule has 10 nitrogen and oxygen atoms in total. The van der Waals surface area contributed by atoms with Gasteiger partial charge in [0.25, 0.3) is 10.0 Å². The van der Waals surface area contributed by atoms with E-state index in [-0.39, 0.29) is 17.5 Å². The van der Waals surface area contributed by atoms with Crippen LogP contribution >= 0.6 is 0 Å². The molecule has 13 heteroatoms. The van der Waals surface area contributed by atoms with E-state index in [0.29, 0.717) is 54.7 Å². The number of fused-ring (bicyclic) bond motifs is 1. The number of nitrogens with one attached hydrogen (secondary N) is 1. The van der Waals surface area contributed by atoms with Crippen molar-refractivity contribution in [1.82, 2.24) is 19.9 Å². The molecule has 5 rings (SSSR count). The number of methoxy groups -OCH3 is 1. The minimum Gasteiger partial charge on any atom is -0.480 e. The van der Waals surface area contributed by atoms with Crippen LogP contribution in [0.4, 0.5) is 20.3 Å². The zero-order valence-electron chi connectivity index (χ0n) is 21.3. The molecule has 1 saturated heterocycles. The summed E-state index contributed by atoms with van der Waals surface area (Å²) >= 11 is 0. The first-order valence-electron chi connectivity index (χ1n) is 12.1. The number of pyridine rings is 1. The van der Waals surface area contributed by atoms with Crippen molar-refractivity contribution in [3.8, 4) is 17.0 Å². The summed E-state index contributed by atoms with van der Waals surface area (Å²) in [5, 5.41) is 0.759. The molecule has 1 fully saturated rings. The van der Waals surface area contributed by atoms with E-state index in [1.54, 1.807) is 11.0 Å². The average Bonchev–Trinajstić information content (AvgIpc) is 2.95. The van der Waals surface area contributed by atoms with Crippen LogP contribution in [0, 0.1) is 11.6 Å². The number of amides is 1. The van der Waals surface area contributed by atoms with E-state index in [9.17, 15) is 22.0 Å². The number of piperazine rings is 1. The third-order valence-corrected chi connectivity index (χ3v) is 7.88. The van der Waals surface area contributed by atoms with Crippen molar-refractivity contribution in [3.63, 3.8) is 0 Å². The highest BCUT2D eigenvalue weighted by Crippen LogP contribution is 2.33. The number of hydrogen-bond donors (Lipinski definition) is 1. The number of ether oxygens (including phenoxy) is 1. The smallest absolute Gasteiger partial charge is 0.264 e. The molecule has 4 aromatic rings. The summed E-state index contributed by atoms with van der Waals surface area (Å²) in [4.78, 5) is 28.1. The number of anilines is 2. The molecule has 2 aromatic heterocycles. The Labute approximate surface area is 229 Å². The summed E-state index contributed by atoms with van der Waals surface area (Å²) in [6, 6.07) is 9.19. The summed E-state index contributed by atoms with van der Waals surface area (Å²) in [5.74, 6) is -1.58. The van der Waals surface area contributed by atoms with Crippen molar-refractivity contribution in [1.29, 1.82) is 0 Å². The van der Waals surface area contributed by atoms with Gasteiger partial charge in [-0.15, -0.1) is 0 Å². The number of aromatic nitrogens is 3. The van der Waals surface area contributed by atoms with Gasteiger partial charge in [-0.25, -0.2) is 32.2 Å². The lowest BCUT2D eigenvalue weighted by atomic mass is 10.0. The Balaban J connectivity index is 1.49. The largest absolute Gasteiger partial charge is 0.480 e. The first-order chi connectivity index (χ1) is 19.2. The number of benzene rings is 2. The van der Waals surface area contributed by atoms with Crippen molar-refractivity contribution in [3.05, 3.63) is 79.3 Å². The second kappa shape index (κ2) is 10.8. The van der Waals surface area contributed by atoms with Crippen LogP contribution < -0.4 is 14.4 Å². The van der Waals surface area contributed by atoms with Crippen LogP contribution in [0.3, 0.4) is 0 Å². The Morgan fingerprint density at radius 1 is 1.02 bits per heavy atom. The summed E-state index contributed by atoms with van der Waals surface area (Å²) < 4.78 is 60.9. The molecule has 1 N–H and O–H groups in total. The first-order valence-corrected chi connectivity index (χ1v) is 13.6. The van der Waals surface area contributed by atoms with Gasteiger partial charge in [-0.3, -0.25) is 9.52 Å². The van der Waals surface area contributed by atoms with Crippen LogP contribution in [-0.2, 0) is 14.8 Å². The summed E-state index contributed by atoms with van der Waals surface area (Å²) in [7, 11) is -3.11. The normalized spacial score (nSPS) is 13.8. The fourth-order valence-electron chi connectivity index (χ4n) is 4.48. The second-order valence-electron chi connectivity index (χ2n) is 8.91. The topological polar surface area (TPSA) is 118 Å². The van der Waals surface area contributed by atoms with Gasteiger partial charge in [0.2, 0.25) is 11.8 Å². The molecule has 40 heavy (non-hydrogen) atoms. The number of carbonyl (C=O) groups is 1. The molecule has 0 unspecified atom stereocenters. The lowest BCUT2D eigenvalue weighted by Crippen LogP contribution is -2.48. The van der Waals surface area contributed by atoms with Crippen LogP contribution in [0.15, 0.2) is 72.5 Å². The van der Waals surface area contributed by atoms with Crippen LogP contribution in [0.2, 0.25) is 0 Å². The van der Waals surface area contributed by atoms with Gasteiger partial charge in [0.15, 0.2) is 0 Å². The highest BCUT2D eigenvalue weighted by atomic mass is 32.2. The molecule has 0 spiro atoms. The minimum absolute atomic E-state index is 0.0311. The van der Waals surface area contributed by atoms with Crippen LogP contribution in [0.25, 0.3) is 22.0 Å². The van der Waals surface area contributed by atoms with E-state index >= 15 is 0 Å². The van der Waals surface area contributed by atoms with Gasteiger partial charge < -0.3 is 14.5 Å². The average molecular weight is 567 g/mol. The maximum Gasteiger partial charge on any atom is 0.264 e. The summed E-state index contributed by atoms with van der Waals surface area (Å²) in [6.45, 7) is 5.74. The third kappa shape index (κ3) is 5.27. The number of hydrogen-bond acceptors (Lipinski definition) is 8. The molecule has 3 heterocycles. The fourth-order valence-corrected chi connectivity index (χ4v) is 5.59. The summed E-state index contributed by atoms with van der Waals surface area (Å²) in [5.41, 5.74) is 1.90. The van der Waals surface area contributed by atoms with Gasteiger partial charge in [0.1, 0.15) is 34.4 Å². The fraction of sp³-hybridized carbons (Fsp3) is 0.185. The third-order valence-electron chi connectivity index (χ3n) is 6.49. The molecule has 2 aromatic carbocycles. The van der Waals surface area contributed by atoms with Crippen LogP contribution in [0.1, 0.15) is 0 Å². The number of sulfonamides is 1. The zero-order valence-corrected chi connectivity index (χ0v) is 22.2. The molecule has 1 aliphatic rings. The van der Waals surface area contributed by atoms with Crippen LogP contribution in [0.5, 0.6) is 5.88 Å². The highest BCUT2D eigenvalue weighted by Gasteiger charge is 2.24. The van der Waals surface area contributed by atoms with Gasteiger partial charge in [-0.2, -0.15) is 0 Å². The molecular formula is C27H24F2N6O4S. The first kappa shape index (κ1) is 26.9. The van der Waals surface area contributed by atoms with Crippen molar-refractivity contribution in [2.24, 2.45) is 0 Å². The van der Waals surface area contributed by atoms with Crippen molar-refractivity contribution in [2.45, 2.75) is 4.90 Å². The van der Waals surface area contributed by atoms with Crippen molar-refractivity contribution in [2.75, 3.05) is 42.9 Å². The number of carbonyl (C=O) groups excluding carboxylic acids is 1. The number of nitrogens with zero attached hydrogens (tertiary/aromatic N) is 5. The molecule has 0 bridgehead atoms. The van der Waals surface area contributed by atoms with Gasteiger partial charge >= 0.3 is 0 Å². The van der Waals surface area contributed by atoms with E-state index in [4.69, 9.17) is 4.74 Å². The van der Waals surface area contributed by atoms with Gasteiger partial charge in [-0.05, 0) is 42.0 Å². The standard InChI is InChI=1S/C27H24F2N6O4S/c1-3-25(36)34-8-10-35(11-9-34)26-20-12-17(4-6-22(20)31-16-32-26)18-13-23(27(39-2)30-15-18)33-40(37,38)24-7-5-19(28)14-21(24)29/h3-7,12-16,33H,1,8-11H2,2H3. The predicted octanol–water partition coefficient (Wildman–Crippen LogP) is 3.61. The Morgan fingerprint density at radius 2 is 1.80 bits per heavy atom. The number of halogens is 2. The predicted molar refractivity (Wildman–Crippen MR) is 145 cm³/mol. The molecule has 206 valence electrons. The Morgan fingerprint density at radius 3 is 2.50 bits per heavy atom. The van der Waals surface area contributed by atoms with E-state index in [0.717, 1.165) is 17.5 Å². The molecule has 0 atom stereocenters. The molecule has 0 radical (unpaired) electrons. The molecule has 1 amide bonds. The quantitative estimate of drug-likeness (QED) is 0.337. The van der Waals surface area contributed by atoms with E-state index < -0.39 is 26.6 Å². The lowest BCUT2D eigenvalue weighted by molar-refractivity contribution is -0.126. The number of rotatable bonds is 7. The minimum atomic E-state index is -4.43.